The first kappa shape index (κ1) is 23.1. The van der Waals surface area contributed by atoms with Crippen molar-refractivity contribution >= 4 is 17.3 Å². The van der Waals surface area contributed by atoms with Crippen LogP contribution >= 0.6 is 0 Å². The zero-order valence-corrected chi connectivity index (χ0v) is 19.1. The predicted molar refractivity (Wildman–Crippen MR) is 127 cm³/mol. The van der Waals surface area contributed by atoms with E-state index in [0.29, 0.717) is 6.54 Å². The van der Waals surface area contributed by atoms with Gasteiger partial charge >= 0.3 is 0 Å². The average Bonchev–Trinajstić information content (AvgIpc) is 2.77. The molecule has 0 aromatic heterocycles. The van der Waals surface area contributed by atoms with Gasteiger partial charge in [0.1, 0.15) is 6.04 Å². The second-order valence-corrected chi connectivity index (χ2v) is 8.80. The third-order valence-electron chi connectivity index (χ3n) is 6.33. The molecule has 1 aliphatic heterocycles. The maximum atomic E-state index is 12.8. The highest BCUT2D eigenvalue weighted by atomic mass is 16.3. The Morgan fingerprint density at radius 1 is 1.16 bits per heavy atom. The molecule has 2 atom stereocenters. The van der Waals surface area contributed by atoms with Gasteiger partial charge in [-0.2, -0.15) is 0 Å². The Kier molecular flexibility index (Phi) is 7.57. The molecule has 31 heavy (non-hydrogen) atoms. The molecule has 2 aromatic rings. The van der Waals surface area contributed by atoms with Crippen molar-refractivity contribution < 1.29 is 9.90 Å². The fourth-order valence-electron chi connectivity index (χ4n) is 4.32. The Hall–Kier alpha value is -2.57. The summed E-state index contributed by atoms with van der Waals surface area (Å²) in [6, 6.07) is 11.6. The largest absolute Gasteiger partial charge is 0.398 e. The molecule has 2 unspecified atom stereocenters. The summed E-state index contributed by atoms with van der Waals surface area (Å²) in [4.78, 5) is 15.0. The molecule has 1 fully saturated rings. The minimum Gasteiger partial charge on any atom is -0.398 e. The summed E-state index contributed by atoms with van der Waals surface area (Å²) in [6.45, 7) is 10.3. The molecular weight excluding hydrogens is 388 g/mol. The van der Waals surface area contributed by atoms with Crippen molar-refractivity contribution in [2.24, 2.45) is 0 Å². The van der Waals surface area contributed by atoms with Crippen LogP contribution in [0.15, 0.2) is 36.4 Å². The summed E-state index contributed by atoms with van der Waals surface area (Å²) in [5, 5.41) is 17.0. The van der Waals surface area contributed by atoms with E-state index in [-0.39, 0.29) is 18.0 Å². The Morgan fingerprint density at radius 3 is 2.45 bits per heavy atom. The molecule has 168 valence electrons. The number of nitrogen functional groups attached to an aromatic ring is 1. The van der Waals surface area contributed by atoms with Crippen LogP contribution in [-0.4, -0.2) is 47.6 Å². The highest BCUT2D eigenvalue weighted by molar-refractivity contribution is 5.85. The van der Waals surface area contributed by atoms with Crippen LogP contribution in [0.3, 0.4) is 0 Å². The molecular formula is C25H36N4O2. The predicted octanol–water partition coefficient (Wildman–Crippen LogP) is 3.31. The van der Waals surface area contributed by atoms with Crippen LogP contribution in [0.5, 0.6) is 0 Å². The van der Waals surface area contributed by atoms with Crippen LogP contribution in [0.1, 0.15) is 48.1 Å². The highest BCUT2D eigenvalue weighted by Crippen LogP contribution is 2.29. The van der Waals surface area contributed by atoms with Gasteiger partial charge in [0.2, 0.25) is 5.91 Å². The summed E-state index contributed by atoms with van der Waals surface area (Å²) in [5.41, 5.74) is 12.0. The van der Waals surface area contributed by atoms with Crippen LogP contribution in [0.2, 0.25) is 0 Å². The summed E-state index contributed by atoms with van der Waals surface area (Å²) < 4.78 is 0. The first-order chi connectivity index (χ1) is 14.8. The second kappa shape index (κ2) is 10.2. The molecule has 1 aliphatic rings. The number of rotatable bonds is 7. The number of nitrogens with zero attached hydrogens (tertiary/aromatic N) is 1. The number of aliphatic hydroxyl groups excluding tert-OH is 1. The fourth-order valence-corrected chi connectivity index (χ4v) is 4.32. The molecule has 0 spiro atoms. The number of nitrogens with one attached hydrogen (secondary N) is 2. The number of anilines is 2. The molecule has 1 heterocycles. The number of likely N-dealkylation sites (tertiary alicyclic amines) is 1. The van der Waals surface area contributed by atoms with Crippen molar-refractivity contribution in [2.45, 2.75) is 58.7 Å². The Balaban J connectivity index is 1.48. The van der Waals surface area contributed by atoms with E-state index in [1.807, 2.05) is 58.0 Å². The number of aliphatic hydroxyl groups is 1. The van der Waals surface area contributed by atoms with Gasteiger partial charge in [-0.05, 0) is 62.8 Å². The van der Waals surface area contributed by atoms with Crippen molar-refractivity contribution in [3.05, 3.63) is 58.7 Å². The Bertz CT molecular complexity index is 892. The van der Waals surface area contributed by atoms with Gasteiger partial charge in [-0.3, -0.25) is 4.79 Å². The zero-order chi connectivity index (χ0) is 22.5. The van der Waals surface area contributed by atoms with Gasteiger partial charge < -0.3 is 26.4 Å². The van der Waals surface area contributed by atoms with Crippen molar-refractivity contribution in [3.8, 4) is 0 Å². The maximum absolute atomic E-state index is 12.8. The van der Waals surface area contributed by atoms with Crippen LogP contribution in [-0.2, 0) is 4.79 Å². The smallest absolute Gasteiger partial charge is 0.242 e. The maximum Gasteiger partial charge on any atom is 0.242 e. The number of nitrogens with two attached hydrogens (primary N) is 1. The van der Waals surface area contributed by atoms with Crippen molar-refractivity contribution in [3.63, 3.8) is 0 Å². The Labute approximate surface area is 185 Å². The summed E-state index contributed by atoms with van der Waals surface area (Å²) in [6.07, 6.45) is 1.29. The molecule has 3 rings (SSSR count). The van der Waals surface area contributed by atoms with Gasteiger partial charge in [0.25, 0.3) is 0 Å². The standard InChI is InChI=1S/C25H36N4O2/c1-16-14-17(2)24(18(3)23(16)26)27-19(4)25(31)28-21-10-12-29(13-11-21)15-22(30)20-8-6-5-7-9-20/h5-9,14,19,21-22,27,30H,10-13,15,26H2,1-4H3,(H,28,31). The lowest BCUT2D eigenvalue weighted by molar-refractivity contribution is -0.122. The second-order valence-electron chi connectivity index (χ2n) is 8.80. The number of carbonyl (C=O) groups excluding carboxylic acids is 1. The number of carbonyl (C=O) groups is 1. The molecule has 5 N–H and O–H groups in total. The first-order valence-electron chi connectivity index (χ1n) is 11.1. The quantitative estimate of drug-likeness (QED) is 0.512. The molecule has 0 radical (unpaired) electrons. The number of hydrogen-bond acceptors (Lipinski definition) is 5. The molecule has 0 saturated carbocycles. The van der Waals surface area contributed by atoms with E-state index >= 15 is 0 Å². The van der Waals surface area contributed by atoms with Crippen LogP contribution in [0.4, 0.5) is 11.4 Å². The molecule has 0 aliphatic carbocycles. The number of β-amino-alcohol motifs (C(OH)–C–C–N with tert-alkyl or cyclic N) is 1. The Morgan fingerprint density at radius 2 is 1.81 bits per heavy atom. The third-order valence-corrected chi connectivity index (χ3v) is 6.33. The average molecular weight is 425 g/mol. The van der Waals surface area contributed by atoms with Crippen molar-refractivity contribution in [2.75, 3.05) is 30.7 Å². The van der Waals surface area contributed by atoms with Crippen LogP contribution < -0.4 is 16.4 Å². The number of hydrogen-bond donors (Lipinski definition) is 4. The fraction of sp³-hybridized carbons (Fsp3) is 0.480. The normalized spacial score (nSPS) is 17.2. The molecule has 2 aromatic carbocycles. The van der Waals surface area contributed by atoms with Crippen molar-refractivity contribution in [1.29, 1.82) is 0 Å². The zero-order valence-electron chi connectivity index (χ0n) is 19.1. The van der Waals surface area contributed by atoms with Gasteiger partial charge in [-0.15, -0.1) is 0 Å². The number of piperidine rings is 1. The minimum atomic E-state index is -0.481. The number of benzene rings is 2. The van der Waals surface area contributed by atoms with Gasteiger partial charge in [-0.1, -0.05) is 36.4 Å². The van der Waals surface area contributed by atoms with Gasteiger partial charge in [-0.25, -0.2) is 0 Å². The molecule has 6 heteroatoms. The number of aryl methyl sites for hydroxylation is 2. The van der Waals surface area contributed by atoms with E-state index in [0.717, 1.165) is 59.6 Å². The molecule has 6 nitrogen and oxygen atoms in total. The third kappa shape index (κ3) is 5.77. The van der Waals surface area contributed by atoms with Gasteiger partial charge in [0, 0.05) is 37.1 Å². The lowest BCUT2D eigenvalue weighted by atomic mass is 10.0. The monoisotopic (exact) mass is 424 g/mol. The van der Waals surface area contributed by atoms with E-state index in [1.165, 1.54) is 0 Å². The summed E-state index contributed by atoms with van der Waals surface area (Å²) in [5.74, 6) is 0.000664. The lowest BCUT2D eigenvalue weighted by Gasteiger charge is -2.34. The van der Waals surface area contributed by atoms with E-state index in [4.69, 9.17) is 5.73 Å². The minimum absolute atomic E-state index is 0.000664. The lowest BCUT2D eigenvalue weighted by Crippen LogP contribution is -2.49. The molecule has 1 amide bonds. The summed E-state index contributed by atoms with van der Waals surface area (Å²) in [7, 11) is 0. The molecule has 0 bridgehead atoms. The van der Waals surface area contributed by atoms with Crippen LogP contribution in [0, 0.1) is 20.8 Å². The number of amides is 1. The highest BCUT2D eigenvalue weighted by Gasteiger charge is 2.25. The molecule has 1 saturated heterocycles. The van der Waals surface area contributed by atoms with E-state index in [1.54, 1.807) is 0 Å². The van der Waals surface area contributed by atoms with E-state index in [2.05, 4.69) is 21.6 Å². The summed E-state index contributed by atoms with van der Waals surface area (Å²) >= 11 is 0. The van der Waals surface area contributed by atoms with E-state index < -0.39 is 6.10 Å². The van der Waals surface area contributed by atoms with Crippen LogP contribution in [0.25, 0.3) is 0 Å². The van der Waals surface area contributed by atoms with Gasteiger partial charge in [0.15, 0.2) is 0 Å². The first-order valence-corrected chi connectivity index (χ1v) is 11.1. The van der Waals surface area contributed by atoms with Crippen molar-refractivity contribution in [1.82, 2.24) is 10.2 Å². The van der Waals surface area contributed by atoms with E-state index in [9.17, 15) is 9.90 Å². The topological polar surface area (TPSA) is 90.6 Å². The van der Waals surface area contributed by atoms with Gasteiger partial charge in [0.05, 0.1) is 6.10 Å². The SMILES string of the molecule is Cc1cc(C)c(NC(C)C(=O)NC2CCN(CC(O)c3ccccc3)CC2)c(C)c1N.